The van der Waals surface area contributed by atoms with Crippen LogP contribution in [-0.4, -0.2) is 4.98 Å². The van der Waals surface area contributed by atoms with E-state index in [2.05, 4.69) is 11.1 Å². The quantitative estimate of drug-likeness (QED) is 0.672. The van der Waals surface area contributed by atoms with E-state index in [1.165, 1.54) is 30.4 Å². The van der Waals surface area contributed by atoms with E-state index in [0.29, 0.717) is 5.69 Å². The number of hydrogen-bond acceptors (Lipinski definition) is 2. The lowest BCUT2D eigenvalue weighted by Gasteiger charge is -2.11. The molecule has 1 aliphatic rings. The van der Waals surface area contributed by atoms with E-state index < -0.39 is 0 Å². The summed E-state index contributed by atoms with van der Waals surface area (Å²) in [6, 6.07) is 5.80. The van der Waals surface area contributed by atoms with Gasteiger partial charge in [-0.3, -0.25) is 0 Å². The first-order chi connectivity index (χ1) is 6.90. The van der Waals surface area contributed by atoms with Gasteiger partial charge in [-0.15, -0.1) is 0 Å². The fraction of sp³-hybridized carbons (Fsp3) is 0.333. The van der Waals surface area contributed by atoms with Gasteiger partial charge in [-0.2, -0.15) is 5.26 Å². The molecule has 0 amide bonds. The second-order valence-corrected chi connectivity index (χ2v) is 3.52. The van der Waals surface area contributed by atoms with Crippen LogP contribution in [0.1, 0.15) is 36.9 Å². The Hall–Kier alpha value is -1.62. The molecule has 1 aromatic rings. The summed E-state index contributed by atoms with van der Waals surface area (Å²) < 4.78 is 0. The van der Waals surface area contributed by atoms with E-state index in [1.54, 1.807) is 12.3 Å². The largest absolute Gasteiger partial charge is 0.245 e. The minimum absolute atomic E-state index is 0.491. The molecule has 0 aromatic carbocycles. The van der Waals surface area contributed by atoms with Gasteiger partial charge in [-0.1, -0.05) is 12.1 Å². The molecule has 2 heteroatoms. The zero-order valence-electron chi connectivity index (χ0n) is 8.03. The zero-order chi connectivity index (χ0) is 9.80. The molecular weight excluding hydrogens is 172 g/mol. The van der Waals surface area contributed by atoms with Crippen molar-refractivity contribution in [3.05, 3.63) is 35.7 Å². The van der Waals surface area contributed by atoms with Gasteiger partial charge in [0.15, 0.2) is 0 Å². The highest BCUT2D eigenvalue weighted by atomic mass is 14.7. The standard InChI is InChI=1S/C12H12N2/c13-8-12-7-6-11(9-14-12)10-4-2-1-3-5-10/h4,6-7,9H,1-3,5H2. The maximum atomic E-state index is 8.61. The summed E-state index contributed by atoms with van der Waals surface area (Å²) in [4.78, 5) is 4.07. The van der Waals surface area contributed by atoms with E-state index in [-0.39, 0.29) is 0 Å². The summed E-state index contributed by atoms with van der Waals surface area (Å²) in [5.74, 6) is 0. The Balaban J connectivity index is 2.25. The van der Waals surface area contributed by atoms with Gasteiger partial charge in [-0.25, -0.2) is 4.98 Å². The summed E-state index contributed by atoms with van der Waals surface area (Å²) >= 11 is 0. The number of nitriles is 1. The van der Waals surface area contributed by atoms with Crippen LogP contribution in [-0.2, 0) is 0 Å². The summed E-state index contributed by atoms with van der Waals surface area (Å²) in [6.07, 6.45) is 8.98. The Morgan fingerprint density at radius 1 is 1.29 bits per heavy atom. The molecule has 1 aliphatic carbocycles. The second kappa shape index (κ2) is 4.06. The third-order valence-electron chi connectivity index (χ3n) is 2.54. The molecule has 0 fully saturated rings. The minimum atomic E-state index is 0.491. The van der Waals surface area contributed by atoms with Crippen molar-refractivity contribution in [1.82, 2.24) is 4.98 Å². The highest BCUT2D eigenvalue weighted by Gasteiger charge is 2.06. The van der Waals surface area contributed by atoms with Crippen LogP contribution < -0.4 is 0 Å². The van der Waals surface area contributed by atoms with Crippen molar-refractivity contribution < 1.29 is 0 Å². The number of pyridine rings is 1. The summed E-state index contributed by atoms with van der Waals surface area (Å²) in [7, 11) is 0. The van der Waals surface area contributed by atoms with E-state index in [0.717, 1.165) is 6.42 Å². The molecule has 1 heterocycles. The topological polar surface area (TPSA) is 36.7 Å². The van der Waals surface area contributed by atoms with E-state index in [1.807, 2.05) is 12.1 Å². The average Bonchev–Trinajstić information content (AvgIpc) is 2.30. The lowest BCUT2D eigenvalue weighted by Crippen LogP contribution is -1.93. The molecule has 2 rings (SSSR count). The van der Waals surface area contributed by atoms with Crippen LogP contribution in [0.4, 0.5) is 0 Å². The fourth-order valence-electron chi connectivity index (χ4n) is 1.75. The van der Waals surface area contributed by atoms with Crippen molar-refractivity contribution in [1.29, 1.82) is 5.26 Å². The molecule has 0 aliphatic heterocycles. The molecule has 0 saturated heterocycles. The third-order valence-corrected chi connectivity index (χ3v) is 2.54. The number of hydrogen-bond donors (Lipinski definition) is 0. The molecular formula is C12H12N2. The maximum Gasteiger partial charge on any atom is 0.140 e. The normalized spacial score (nSPS) is 15.8. The van der Waals surface area contributed by atoms with Crippen LogP contribution in [0.25, 0.3) is 5.57 Å². The van der Waals surface area contributed by atoms with E-state index in [4.69, 9.17) is 5.26 Å². The van der Waals surface area contributed by atoms with Gasteiger partial charge in [-0.05, 0) is 42.9 Å². The Kier molecular flexibility index (Phi) is 2.60. The molecule has 0 unspecified atom stereocenters. The lowest BCUT2D eigenvalue weighted by atomic mass is 9.95. The highest BCUT2D eigenvalue weighted by molar-refractivity contribution is 5.65. The zero-order valence-corrected chi connectivity index (χ0v) is 8.03. The first kappa shape index (κ1) is 8.96. The monoisotopic (exact) mass is 184 g/mol. The molecule has 2 nitrogen and oxygen atoms in total. The SMILES string of the molecule is N#Cc1ccc(C2=CCCCC2)cn1. The van der Waals surface area contributed by atoms with Crippen LogP contribution in [0, 0.1) is 11.3 Å². The van der Waals surface area contributed by atoms with Crippen molar-refractivity contribution in [2.45, 2.75) is 25.7 Å². The third kappa shape index (κ3) is 1.82. The molecule has 1 aromatic heterocycles. The van der Waals surface area contributed by atoms with Crippen LogP contribution in [0.15, 0.2) is 24.4 Å². The Labute approximate surface area is 83.9 Å². The predicted octanol–water partition coefficient (Wildman–Crippen LogP) is 2.91. The van der Waals surface area contributed by atoms with Crippen molar-refractivity contribution >= 4 is 5.57 Å². The van der Waals surface area contributed by atoms with Gasteiger partial charge < -0.3 is 0 Å². The second-order valence-electron chi connectivity index (χ2n) is 3.52. The molecule has 0 spiro atoms. The summed E-state index contributed by atoms with van der Waals surface area (Å²) in [6.45, 7) is 0. The Bertz CT molecular complexity index is 382. The molecule has 0 radical (unpaired) electrons. The predicted molar refractivity (Wildman–Crippen MR) is 55.4 cm³/mol. The van der Waals surface area contributed by atoms with Gasteiger partial charge >= 0.3 is 0 Å². The van der Waals surface area contributed by atoms with E-state index in [9.17, 15) is 0 Å². The molecule has 70 valence electrons. The van der Waals surface area contributed by atoms with Gasteiger partial charge in [0.1, 0.15) is 11.8 Å². The fourth-order valence-corrected chi connectivity index (χ4v) is 1.75. The molecule has 0 N–H and O–H groups in total. The van der Waals surface area contributed by atoms with Gasteiger partial charge in [0.25, 0.3) is 0 Å². The van der Waals surface area contributed by atoms with Crippen molar-refractivity contribution in [3.63, 3.8) is 0 Å². The van der Waals surface area contributed by atoms with Crippen molar-refractivity contribution in [2.24, 2.45) is 0 Å². The number of allylic oxidation sites excluding steroid dienone is 2. The molecule has 0 saturated carbocycles. The first-order valence-electron chi connectivity index (χ1n) is 4.96. The van der Waals surface area contributed by atoms with Crippen molar-refractivity contribution in [3.8, 4) is 6.07 Å². The molecule has 0 bridgehead atoms. The minimum Gasteiger partial charge on any atom is -0.245 e. The van der Waals surface area contributed by atoms with Crippen molar-refractivity contribution in [2.75, 3.05) is 0 Å². The van der Waals surface area contributed by atoms with Crippen LogP contribution >= 0.6 is 0 Å². The lowest BCUT2D eigenvalue weighted by molar-refractivity contribution is 0.741. The van der Waals surface area contributed by atoms with Crippen LogP contribution in [0.2, 0.25) is 0 Å². The maximum absolute atomic E-state index is 8.61. The summed E-state index contributed by atoms with van der Waals surface area (Å²) in [5.41, 5.74) is 3.04. The Morgan fingerprint density at radius 2 is 2.21 bits per heavy atom. The van der Waals surface area contributed by atoms with Crippen LogP contribution in [0.5, 0.6) is 0 Å². The summed E-state index contributed by atoms with van der Waals surface area (Å²) in [5, 5.41) is 8.61. The smallest absolute Gasteiger partial charge is 0.140 e. The molecule has 0 atom stereocenters. The first-order valence-corrected chi connectivity index (χ1v) is 4.96. The average molecular weight is 184 g/mol. The van der Waals surface area contributed by atoms with Gasteiger partial charge in [0, 0.05) is 6.20 Å². The Morgan fingerprint density at radius 3 is 2.79 bits per heavy atom. The van der Waals surface area contributed by atoms with E-state index >= 15 is 0 Å². The van der Waals surface area contributed by atoms with Crippen LogP contribution in [0.3, 0.4) is 0 Å². The van der Waals surface area contributed by atoms with Gasteiger partial charge in [0.2, 0.25) is 0 Å². The molecule has 14 heavy (non-hydrogen) atoms. The highest BCUT2D eigenvalue weighted by Crippen LogP contribution is 2.25. The van der Waals surface area contributed by atoms with Gasteiger partial charge in [0.05, 0.1) is 0 Å². The number of nitrogens with zero attached hydrogens (tertiary/aromatic N) is 2. The number of rotatable bonds is 1. The number of aromatic nitrogens is 1.